The molecule has 0 spiro atoms. The van der Waals surface area contributed by atoms with E-state index in [2.05, 4.69) is 5.32 Å². The van der Waals surface area contributed by atoms with Crippen LogP contribution in [0.2, 0.25) is 5.02 Å². The summed E-state index contributed by atoms with van der Waals surface area (Å²) in [5, 5.41) is 11.9. The predicted molar refractivity (Wildman–Crippen MR) is 93.7 cm³/mol. The fourth-order valence-corrected chi connectivity index (χ4v) is 3.23. The molecule has 0 aliphatic heterocycles. The third kappa shape index (κ3) is 4.36. The molecule has 0 saturated heterocycles. The van der Waals surface area contributed by atoms with Gasteiger partial charge in [0.2, 0.25) is 0 Å². The van der Waals surface area contributed by atoms with Gasteiger partial charge in [-0.15, -0.1) is 0 Å². The maximum Gasteiger partial charge on any atom is 0.264 e. The largest absolute Gasteiger partial charge is 0.392 e. The number of carbonyl (C=O) groups excluding carboxylic acids is 1. The van der Waals surface area contributed by atoms with Crippen LogP contribution in [-0.2, 0) is 21.5 Å². The molecule has 0 aliphatic rings. The van der Waals surface area contributed by atoms with Crippen LogP contribution >= 0.6 is 11.6 Å². The number of rotatable bonds is 6. The Bertz CT molecular complexity index is 886. The van der Waals surface area contributed by atoms with E-state index in [-0.39, 0.29) is 22.1 Å². The number of benzene rings is 2. The highest BCUT2D eigenvalue weighted by atomic mass is 35.5. The molecular formula is C16H17ClN2O5S. The molecule has 2 aromatic carbocycles. The van der Waals surface area contributed by atoms with Gasteiger partial charge in [-0.2, -0.15) is 0 Å². The highest BCUT2D eigenvalue weighted by Crippen LogP contribution is 2.24. The summed E-state index contributed by atoms with van der Waals surface area (Å²) in [6.45, 7) is -0.165. The summed E-state index contributed by atoms with van der Waals surface area (Å²) in [5.41, 5.74) is 1.08. The molecule has 25 heavy (non-hydrogen) atoms. The van der Waals surface area contributed by atoms with Crippen molar-refractivity contribution in [2.75, 3.05) is 19.5 Å². The maximum atomic E-state index is 12.5. The maximum absolute atomic E-state index is 12.5. The summed E-state index contributed by atoms with van der Waals surface area (Å²) in [7, 11) is -1.45. The molecule has 0 saturated carbocycles. The van der Waals surface area contributed by atoms with Gasteiger partial charge in [0.15, 0.2) is 0 Å². The Hall–Kier alpha value is -1.97. The standard InChI is InChI=1S/C16H17ClN2O5S/c1-19(24-2)25(22,23)13-6-7-15(17)14(9-13)16(21)18-12-5-3-4-11(8-12)10-20/h3-9,20H,10H2,1-2H3,(H,18,21). The van der Waals surface area contributed by atoms with E-state index in [1.807, 2.05) is 0 Å². The second-order valence-corrected chi connectivity index (χ2v) is 7.39. The molecule has 0 atom stereocenters. The van der Waals surface area contributed by atoms with Crippen molar-refractivity contribution in [1.82, 2.24) is 4.47 Å². The molecule has 0 aliphatic carbocycles. The summed E-state index contributed by atoms with van der Waals surface area (Å²) in [4.78, 5) is 17.0. The van der Waals surface area contributed by atoms with Crippen LogP contribution in [-0.4, -0.2) is 38.1 Å². The van der Waals surface area contributed by atoms with Crippen LogP contribution in [0.1, 0.15) is 15.9 Å². The number of hydrogen-bond acceptors (Lipinski definition) is 5. The van der Waals surface area contributed by atoms with Crippen LogP contribution in [0.5, 0.6) is 0 Å². The van der Waals surface area contributed by atoms with Crippen molar-refractivity contribution >= 4 is 33.2 Å². The van der Waals surface area contributed by atoms with E-state index in [0.717, 1.165) is 0 Å². The third-order valence-electron chi connectivity index (χ3n) is 3.44. The van der Waals surface area contributed by atoms with Crippen molar-refractivity contribution in [2.45, 2.75) is 11.5 Å². The SMILES string of the molecule is CON(C)S(=O)(=O)c1ccc(Cl)c(C(=O)Nc2cccc(CO)c2)c1. The highest BCUT2D eigenvalue weighted by molar-refractivity contribution is 7.89. The van der Waals surface area contributed by atoms with Gasteiger partial charge in [0.05, 0.1) is 29.2 Å². The van der Waals surface area contributed by atoms with Gasteiger partial charge in [0.25, 0.3) is 15.9 Å². The number of hydrogen-bond donors (Lipinski definition) is 2. The molecular weight excluding hydrogens is 368 g/mol. The van der Waals surface area contributed by atoms with E-state index in [4.69, 9.17) is 21.5 Å². The molecule has 0 heterocycles. The number of nitrogens with zero attached hydrogens (tertiary/aromatic N) is 1. The number of hydroxylamine groups is 1. The van der Waals surface area contributed by atoms with Crippen molar-refractivity contribution in [1.29, 1.82) is 0 Å². The van der Waals surface area contributed by atoms with Crippen LogP contribution in [0.25, 0.3) is 0 Å². The van der Waals surface area contributed by atoms with Crippen LogP contribution in [0, 0.1) is 0 Å². The number of nitrogens with one attached hydrogen (secondary N) is 1. The smallest absolute Gasteiger partial charge is 0.264 e. The minimum absolute atomic E-state index is 0.00152. The van der Waals surface area contributed by atoms with Crippen LogP contribution in [0.3, 0.4) is 0 Å². The van der Waals surface area contributed by atoms with Gasteiger partial charge >= 0.3 is 0 Å². The first-order valence-corrected chi connectivity index (χ1v) is 8.95. The third-order valence-corrected chi connectivity index (χ3v) is 5.45. The van der Waals surface area contributed by atoms with Crippen molar-refractivity contribution in [3.8, 4) is 0 Å². The zero-order chi connectivity index (χ0) is 18.6. The van der Waals surface area contributed by atoms with E-state index in [9.17, 15) is 13.2 Å². The average Bonchev–Trinajstić information content (AvgIpc) is 2.61. The first-order valence-electron chi connectivity index (χ1n) is 7.13. The average molecular weight is 385 g/mol. The van der Waals surface area contributed by atoms with Gasteiger partial charge < -0.3 is 10.4 Å². The molecule has 7 nitrogen and oxygen atoms in total. The molecule has 0 bridgehead atoms. The molecule has 134 valence electrons. The summed E-state index contributed by atoms with van der Waals surface area (Å²) in [6, 6.07) is 10.4. The summed E-state index contributed by atoms with van der Waals surface area (Å²) >= 11 is 6.04. The van der Waals surface area contributed by atoms with Gasteiger partial charge in [0, 0.05) is 12.7 Å². The highest BCUT2D eigenvalue weighted by Gasteiger charge is 2.23. The first-order chi connectivity index (χ1) is 11.8. The Kier molecular flexibility index (Phi) is 6.15. The minimum Gasteiger partial charge on any atom is -0.392 e. The zero-order valence-electron chi connectivity index (χ0n) is 13.6. The second-order valence-electron chi connectivity index (χ2n) is 5.05. The normalized spacial score (nSPS) is 11.6. The van der Waals surface area contributed by atoms with E-state index in [0.29, 0.717) is 15.7 Å². The second kappa shape index (κ2) is 7.94. The zero-order valence-corrected chi connectivity index (χ0v) is 15.1. The Labute approximate surface area is 150 Å². The number of anilines is 1. The van der Waals surface area contributed by atoms with Crippen molar-refractivity contribution in [3.63, 3.8) is 0 Å². The minimum atomic E-state index is -3.91. The fourth-order valence-electron chi connectivity index (χ4n) is 2.03. The van der Waals surface area contributed by atoms with Gasteiger partial charge in [-0.25, -0.2) is 8.42 Å². The number of sulfonamides is 1. The Morgan fingerprint density at radius 3 is 2.64 bits per heavy atom. The lowest BCUT2D eigenvalue weighted by Crippen LogP contribution is -2.26. The van der Waals surface area contributed by atoms with Gasteiger partial charge in [-0.1, -0.05) is 28.2 Å². The number of aliphatic hydroxyl groups is 1. The monoisotopic (exact) mass is 384 g/mol. The molecule has 2 N–H and O–H groups in total. The van der Waals surface area contributed by atoms with E-state index >= 15 is 0 Å². The van der Waals surface area contributed by atoms with Crippen molar-refractivity contribution < 1.29 is 23.2 Å². The summed E-state index contributed by atoms with van der Waals surface area (Å²) in [5.74, 6) is -0.572. The molecule has 2 rings (SSSR count). The molecule has 0 unspecified atom stereocenters. The van der Waals surface area contributed by atoms with E-state index in [1.165, 1.54) is 32.4 Å². The molecule has 0 aromatic heterocycles. The molecule has 0 fully saturated rings. The summed E-state index contributed by atoms with van der Waals surface area (Å²) in [6.07, 6.45) is 0. The Morgan fingerprint density at radius 1 is 1.28 bits per heavy atom. The first kappa shape index (κ1) is 19.4. The molecule has 0 radical (unpaired) electrons. The lowest BCUT2D eigenvalue weighted by Gasteiger charge is -2.15. The quantitative estimate of drug-likeness (QED) is 0.745. The lowest BCUT2D eigenvalue weighted by atomic mass is 10.2. The topological polar surface area (TPSA) is 95.9 Å². The van der Waals surface area contributed by atoms with E-state index < -0.39 is 15.9 Å². The Morgan fingerprint density at radius 2 is 2.00 bits per heavy atom. The van der Waals surface area contributed by atoms with Gasteiger partial charge in [-0.05, 0) is 35.9 Å². The van der Waals surface area contributed by atoms with Gasteiger partial charge in [-0.3, -0.25) is 9.63 Å². The van der Waals surface area contributed by atoms with Gasteiger partial charge in [0.1, 0.15) is 0 Å². The predicted octanol–water partition coefficient (Wildman–Crippen LogP) is 2.27. The molecule has 9 heteroatoms. The number of aliphatic hydroxyl groups excluding tert-OH is 1. The van der Waals surface area contributed by atoms with Crippen molar-refractivity contribution in [3.05, 3.63) is 58.6 Å². The van der Waals surface area contributed by atoms with Crippen LogP contribution in [0.4, 0.5) is 5.69 Å². The Balaban J connectivity index is 2.35. The summed E-state index contributed by atoms with van der Waals surface area (Å²) < 4.78 is 25.3. The number of halogens is 1. The number of carbonyl (C=O) groups is 1. The van der Waals surface area contributed by atoms with Crippen LogP contribution < -0.4 is 5.32 Å². The van der Waals surface area contributed by atoms with Crippen LogP contribution in [0.15, 0.2) is 47.4 Å². The lowest BCUT2D eigenvalue weighted by molar-refractivity contribution is -0.0258. The molecule has 2 aromatic rings. The fraction of sp³-hybridized carbons (Fsp3) is 0.188. The van der Waals surface area contributed by atoms with E-state index in [1.54, 1.807) is 24.3 Å². The number of amides is 1. The van der Waals surface area contributed by atoms with Crippen molar-refractivity contribution in [2.24, 2.45) is 0 Å². The molecule has 1 amide bonds.